The van der Waals surface area contributed by atoms with Crippen LogP contribution < -0.4 is 0 Å². The van der Waals surface area contributed by atoms with Gasteiger partial charge in [-0.05, 0) is 6.26 Å². The number of nitrogens with zero attached hydrogens (tertiary/aromatic N) is 1. The summed E-state index contributed by atoms with van der Waals surface area (Å²) in [4.78, 5) is 12.6. The Morgan fingerprint density at radius 1 is 1.80 bits per heavy atom. The fourth-order valence-corrected chi connectivity index (χ4v) is 1.30. The van der Waals surface area contributed by atoms with Crippen LogP contribution in [0.1, 0.15) is 0 Å². The van der Waals surface area contributed by atoms with Crippen LogP contribution in [0.4, 0.5) is 0 Å². The van der Waals surface area contributed by atoms with Crippen molar-refractivity contribution < 1.29 is 9.90 Å². The Balaban J connectivity index is 2.18. The highest BCUT2D eigenvalue weighted by Crippen LogP contribution is 2.08. The lowest BCUT2D eigenvalue weighted by Crippen LogP contribution is -2.54. The van der Waals surface area contributed by atoms with E-state index in [0.29, 0.717) is 18.8 Å². The van der Waals surface area contributed by atoms with E-state index in [0.717, 1.165) is 0 Å². The lowest BCUT2D eigenvalue weighted by atomic mass is 10.2. The Hall–Kier alpha value is -0.220. The summed E-state index contributed by atoms with van der Waals surface area (Å²) in [6, 6.07) is 0. The van der Waals surface area contributed by atoms with Gasteiger partial charge in [-0.1, -0.05) is 0 Å². The van der Waals surface area contributed by atoms with Gasteiger partial charge in [-0.25, -0.2) is 0 Å². The Morgan fingerprint density at radius 2 is 2.40 bits per heavy atom. The molecule has 0 aromatic rings. The fraction of sp³-hybridized carbons (Fsp3) is 0.833. The molecule has 0 saturated carbocycles. The van der Waals surface area contributed by atoms with Crippen molar-refractivity contribution >= 4 is 17.7 Å². The van der Waals surface area contributed by atoms with Crippen molar-refractivity contribution in [3.63, 3.8) is 0 Å². The third-order valence-corrected chi connectivity index (χ3v) is 2.02. The summed E-state index contributed by atoms with van der Waals surface area (Å²) in [5.41, 5.74) is 0. The number of rotatable bonds is 2. The normalized spacial score (nSPS) is 18.8. The lowest BCUT2D eigenvalue weighted by Gasteiger charge is -2.35. The highest BCUT2D eigenvalue weighted by molar-refractivity contribution is 7.99. The molecule has 1 saturated heterocycles. The van der Waals surface area contributed by atoms with E-state index in [1.54, 1.807) is 4.90 Å². The minimum Gasteiger partial charge on any atom is -0.389 e. The molecule has 1 N–H and O–H groups in total. The zero-order valence-corrected chi connectivity index (χ0v) is 6.73. The van der Waals surface area contributed by atoms with E-state index in [4.69, 9.17) is 5.11 Å². The molecule has 1 amide bonds. The number of aliphatic hydroxyl groups is 1. The van der Waals surface area contributed by atoms with Crippen molar-refractivity contribution in [2.24, 2.45) is 0 Å². The molecule has 0 aliphatic carbocycles. The van der Waals surface area contributed by atoms with Gasteiger partial charge in [0.2, 0.25) is 5.91 Å². The largest absolute Gasteiger partial charge is 0.389 e. The molecule has 3 nitrogen and oxygen atoms in total. The first-order valence-electron chi connectivity index (χ1n) is 3.19. The molecular formula is C6H11NO2S. The van der Waals surface area contributed by atoms with E-state index >= 15 is 0 Å². The molecule has 10 heavy (non-hydrogen) atoms. The zero-order valence-electron chi connectivity index (χ0n) is 5.91. The van der Waals surface area contributed by atoms with Gasteiger partial charge in [-0.15, -0.1) is 0 Å². The molecular weight excluding hydrogens is 150 g/mol. The monoisotopic (exact) mass is 161 g/mol. The number of amides is 1. The zero-order chi connectivity index (χ0) is 7.56. The average Bonchev–Trinajstić information content (AvgIpc) is 1.82. The van der Waals surface area contributed by atoms with Gasteiger partial charge in [0.1, 0.15) is 0 Å². The van der Waals surface area contributed by atoms with Gasteiger partial charge in [0.25, 0.3) is 0 Å². The predicted molar refractivity (Wildman–Crippen MR) is 41.0 cm³/mol. The van der Waals surface area contributed by atoms with Gasteiger partial charge in [0.15, 0.2) is 0 Å². The molecule has 4 heteroatoms. The number of hydrogen-bond donors (Lipinski definition) is 1. The minimum atomic E-state index is -0.272. The van der Waals surface area contributed by atoms with Crippen LogP contribution in [-0.2, 0) is 4.79 Å². The molecule has 0 bridgehead atoms. The molecule has 1 rings (SSSR count). The Labute approximate surface area is 64.4 Å². The molecule has 0 spiro atoms. The van der Waals surface area contributed by atoms with Crippen LogP contribution in [0, 0.1) is 0 Å². The molecule has 0 atom stereocenters. The molecule has 0 aromatic carbocycles. The minimum absolute atomic E-state index is 0.137. The summed E-state index contributed by atoms with van der Waals surface area (Å²) < 4.78 is 0. The molecule has 0 unspecified atom stereocenters. The van der Waals surface area contributed by atoms with Crippen molar-refractivity contribution in [2.75, 3.05) is 25.1 Å². The van der Waals surface area contributed by atoms with Crippen LogP contribution in [0.5, 0.6) is 0 Å². The van der Waals surface area contributed by atoms with Crippen LogP contribution >= 0.6 is 11.8 Å². The summed E-state index contributed by atoms with van der Waals surface area (Å²) in [5, 5.41) is 8.83. The fourth-order valence-electron chi connectivity index (χ4n) is 0.874. The molecule has 1 fully saturated rings. The van der Waals surface area contributed by atoms with Gasteiger partial charge in [0, 0.05) is 13.1 Å². The van der Waals surface area contributed by atoms with Crippen LogP contribution in [0.25, 0.3) is 0 Å². The van der Waals surface area contributed by atoms with E-state index < -0.39 is 0 Å². The second kappa shape index (κ2) is 3.25. The third-order valence-electron chi connectivity index (χ3n) is 1.48. The summed E-state index contributed by atoms with van der Waals surface area (Å²) >= 11 is 1.52. The van der Waals surface area contributed by atoms with Crippen molar-refractivity contribution in [3.8, 4) is 0 Å². The predicted octanol–water partition coefficient (Wildman–Crippen LogP) is -0.448. The SMILES string of the molecule is CSCC(=O)N1CC(O)C1. The Kier molecular flexibility index (Phi) is 2.56. The molecule has 0 radical (unpaired) electrons. The summed E-state index contributed by atoms with van der Waals surface area (Å²) in [6.07, 6.45) is 1.62. The van der Waals surface area contributed by atoms with Gasteiger partial charge in [-0.3, -0.25) is 4.79 Å². The van der Waals surface area contributed by atoms with Gasteiger partial charge >= 0.3 is 0 Å². The molecule has 1 aliphatic rings. The highest BCUT2D eigenvalue weighted by atomic mass is 32.2. The molecule has 1 aliphatic heterocycles. The summed E-state index contributed by atoms with van der Waals surface area (Å²) in [7, 11) is 0. The van der Waals surface area contributed by atoms with Crippen molar-refractivity contribution in [3.05, 3.63) is 0 Å². The first-order valence-corrected chi connectivity index (χ1v) is 4.58. The topological polar surface area (TPSA) is 40.5 Å². The number of thioether (sulfide) groups is 1. The van der Waals surface area contributed by atoms with Gasteiger partial charge in [-0.2, -0.15) is 11.8 Å². The van der Waals surface area contributed by atoms with Crippen molar-refractivity contribution in [2.45, 2.75) is 6.10 Å². The number of likely N-dealkylation sites (tertiary alicyclic amines) is 1. The van der Waals surface area contributed by atoms with Crippen LogP contribution in [0.15, 0.2) is 0 Å². The molecule has 1 heterocycles. The van der Waals surface area contributed by atoms with E-state index in [9.17, 15) is 4.79 Å². The number of β-amino-alcohol motifs (C(OH)–C–C–N with tert-alkyl or cyclic N) is 1. The van der Waals surface area contributed by atoms with Crippen molar-refractivity contribution in [1.29, 1.82) is 0 Å². The first-order chi connectivity index (χ1) is 4.74. The number of hydrogen-bond acceptors (Lipinski definition) is 3. The van der Waals surface area contributed by atoms with E-state index in [1.807, 2.05) is 6.26 Å². The molecule has 58 valence electrons. The average molecular weight is 161 g/mol. The Morgan fingerprint density at radius 3 is 2.80 bits per heavy atom. The quantitative estimate of drug-likeness (QED) is 0.596. The molecule has 0 aromatic heterocycles. The van der Waals surface area contributed by atoms with Crippen LogP contribution in [0.3, 0.4) is 0 Å². The summed E-state index contributed by atoms with van der Waals surface area (Å²) in [5.74, 6) is 0.671. The van der Waals surface area contributed by atoms with E-state index in [-0.39, 0.29) is 12.0 Å². The highest BCUT2D eigenvalue weighted by Gasteiger charge is 2.27. The van der Waals surface area contributed by atoms with Crippen LogP contribution in [-0.4, -0.2) is 47.1 Å². The second-order valence-electron chi connectivity index (χ2n) is 2.39. The number of aliphatic hydroxyl groups excluding tert-OH is 1. The standard InChI is InChI=1S/C6H11NO2S/c1-10-4-6(9)7-2-5(8)3-7/h5,8H,2-4H2,1H3. The maximum Gasteiger partial charge on any atom is 0.232 e. The third kappa shape index (κ3) is 1.64. The lowest BCUT2D eigenvalue weighted by molar-refractivity contribution is -0.138. The Bertz CT molecular complexity index is 134. The maximum absolute atomic E-state index is 11.0. The van der Waals surface area contributed by atoms with E-state index in [1.165, 1.54) is 11.8 Å². The summed E-state index contributed by atoms with van der Waals surface area (Å²) in [6.45, 7) is 1.05. The van der Waals surface area contributed by atoms with Gasteiger partial charge < -0.3 is 10.0 Å². The number of carbonyl (C=O) groups excluding carboxylic acids is 1. The second-order valence-corrected chi connectivity index (χ2v) is 3.25. The number of carbonyl (C=O) groups is 1. The van der Waals surface area contributed by atoms with Crippen molar-refractivity contribution in [1.82, 2.24) is 4.90 Å². The maximum atomic E-state index is 11.0. The van der Waals surface area contributed by atoms with Crippen LogP contribution in [0.2, 0.25) is 0 Å². The smallest absolute Gasteiger partial charge is 0.232 e. The van der Waals surface area contributed by atoms with E-state index in [2.05, 4.69) is 0 Å². The van der Waals surface area contributed by atoms with Gasteiger partial charge in [0.05, 0.1) is 11.9 Å². The first kappa shape index (κ1) is 7.88.